The van der Waals surface area contributed by atoms with Crippen molar-refractivity contribution < 1.29 is 13.9 Å². The van der Waals surface area contributed by atoms with Gasteiger partial charge < -0.3 is 10.1 Å². The normalized spacial score (nSPS) is 10.7. The van der Waals surface area contributed by atoms with Gasteiger partial charge in [0.25, 0.3) is 5.91 Å². The van der Waals surface area contributed by atoms with Crippen molar-refractivity contribution in [2.24, 2.45) is 0 Å². The zero-order valence-corrected chi connectivity index (χ0v) is 14.6. The van der Waals surface area contributed by atoms with Crippen molar-refractivity contribution in [3.05, 3.63) is 64.4 Å². The Balaban J connectivity index is 1.77. The van der Waals surface area contributed by atoms with E-state index in [1.807, 2.05) is 38.1 Å². The average Bonchev–Trinajstić information content (AvgIpc) is 2.52. The lowest BCUT2D eigenvalue weighted by atomic mass is 10.1. The lowest BCUT2D eigenvalue weighted by Crippen LogP contribution is -2.25. The fraction of sp³-hybridized carbons (Fsp3) is 0.316. The second kappa shape index (κ2) is 8.69. The summed E-state index contributed by atoms with van der Waals surface area (Å²) in [6.07, 6.45) is 1.75. The molecule has 5 heteroatoms. The summed E-state index contributed by atoms with van der Waals surface area (Å²) in [5.41, 5.74) is 1.17. The summed E-state index contributed by atoms with van der Waals surface area (Å²) < 4.78 is 19.2. The minimum atomic E-state index is -0.610. The first-order chi connectivity index (χ1) is 11.5. The number of hydrogen-bond donors (Lipinski definition) is 1. The van der Waals surface area contributed by atoms with E-state index in [2.05, 4.69) is 5.32 Å². The van der Waals surface area contributed by atoms with Crippen molar-refractivity contribution in [1.82, 2.24) is 5.32 Å². The first-order valence-electron chi connectivity index (χ1n) is 7.94. The summed E-state index contributed by atoms with van der Waals surface area (Å²) in [7, 11) is 0. The van der Waals surface area contributed by atoms with Gasteiger partial charge in [0.1, 0.15) is 11.6 Å². The molecule has 2 rings (SSSR count). The first kappa shape index (κ1) is 18.3. The zero-order valence-electron chi connectivity index (χ0n) is 13.8. The minimum Gasteiger partial charge on any atom is -0.491 e. The van der Waals surface area contributed by atoms with Crippen LogP contribution in [-0.2, 0) is 6.42 Å². The molecule has 0 heterocycles. The van der Waals surface area contributed by atoms with Crippen LogP contribution in [-0.4, -0.2) is 18.6 Å². The van der Waals surface area contributed by atoms with Gasteiger partial charge in [0, 0.05) is 11.6 Å². The van der Waals surface area contributed by atoms with Gasteiger partial charge in [-0.05, 0) is 62.6 Å². The Morgan fingerprint density at radius 1 is 1.21 bits per heavy atom. The number of benzene rings is 2. The number of ether oxygens (including phenoxy) is 1. The molecule has 24 heavy (non-hydrogen) atoms. The molecule has 2 aromatic rings. The van der Waals surface area contributed by atoms with Crippen LogP contribution in [0.25, 0.3) is 0 Å². The predicted molar refractivity (Wildman–Crippen MR) is 94.3 cm³/mol. The van der Waals surface area contributed by atoms with Crippen LogP contribution in [0.15, 0.2) is 42.5 Å². The molecule has 0 bridgehead atoms. The summed E-state index contributed by atoms with van der Waals surface area (Å²) in [5.74, 6) is -0.189. The fourth-order valence-electron chi connectivity index (χ4n) is 2.27. The highest BCUT2D eigenvalue weighted by Crippen LogP contribution is 2.16. The molecule has 0 aliphatic heterocycles. The zero-order chi connectivity index (χ0) is 17.5. The van der Waals surface area contributed by atoms with Gasteiger partial charge in [0.15, 0.2) is 0 Å². The van der Waals surface area contributed by atoms with Gasteiger partial charge in [-0.25, -0.2) is 4.39 Å². The van der Waals surface area contributed by atoms with Gasteiger partial charge in [0.05, 0.1) is 11.7 Å². The van der Waals surface area contributed by atoms with E-state index in [4.69, 9.17) is 16.3 Å². The smallest absolute Gasteiger partial charge is 0.254 e. The number of carbonyl (C=O) groups excluding carboxylic acids is 1. The summed E-state index contributed by atoms with van der Waals surface area (Å²) in [4.78, 5) is 11.9. The van der Waals surface area contributed by atoms with Crippen LogP contribution < -0.4 is 10.1 Å². The largest absolute Gasteiger partial charge is 0.491 e. The number of aryl methyl sites for hydroxylation is 1. The Labute approximate surface area is 146 Å². The Kier molecular flexibility index (Phi) is 6.62. The van der Waals surface area contributed by atoms with Gasteiger partial charge in [-0.15, -0.1) is 0 Å². The molecule has 1 amide bonds. The molecular weight excluding hydrogens is 329 g/mol. The summed E-state index contributed by atoms with van der Waals surface area (Å²) in [6.45, 7) is 4.45. The first-order valence-corrected chi connectivity index (χ1v) is 8.32. The molecule has 0 aliphatic carbocycles. The van der Waals surface area contributed by atoms with Gasteiger partial charge in [-0.3, -0.25) is 4.79 Å². The average molecular weight is 350 g/mol. The van der Waals surface area contributed by atoms with Gasteiger partial charge in [-0.1, -0.05) is 23.7 Å². The van der Waals surface area contributed by atoms with E-state index in [0.717, 1.165) is 30.2 Å². The number of amides is 1. The van der Waals surface area contributed by atoms with Crippen LogP contribution in [0.5, 0.6) is 5.75 Å². The van der Waals surface area contributed by atoms with Crippen LogP contribution in [0.2, 0.25) is 5.02 Å². The van der Waals surface area contributed by atoms with Crippen LogP contribution in [0.1, 0.15) is 36.2 Å². The maximum atomic E-state index is 13.6. The highest BCUT2D eigenvalue weighted by atomic mass is 35.5. The maximum absolute atomic E-state index is 13.6. The molecule has 0 atom stereocenters. The molecule has 0 saturated heterocycles. The molecule has 1 N–H and O–H groups in total. The topological polar surface area (TPSA) is 38.3 Å². The lowest BCUT2D eigenvalue weighted by Gasteiger charge is -2.10. The number of halogens is 2. The van der Waals surface area contributed by atoms with E-state index >= 15 is 0 Å². The lowest BCUT2D eigenvalue weighted by molar-refractivity contribution is 0.0949. The number of carbonyl (C=O) groups is 1. The maximum Gasteiger partial charge on any atom is 0.254 e. The fourth-order valence-corrected chi connectivity index (χ4v) is 2.43. The van der Waals surface area contributed by atoms with E-state index in [9.17, 15) is 9.18 Å². The molecule has 0 aromatic heterocycles. The molecule has 0 aliphatic rings. The summed E-state index contributed by atoms with van der Waals surface area (Å²) in [6, 6.07) is 11.9. The summed E-state index contributed by atoms with van der Waals surface area (Å²) in [5, 5.41) is 2.99. The predicted octanol–water partition coefficient (Wildman–Crippen LogP) is 4.63. The van der Waals surface area contributed by atoms with E-state index in [-0.39, 0.29) is 16.7 Å². The van der Waals surface area contributed by atoms with E-state index in [1.165, 1.54) is 12.1 Å². The van der Waals surface area contributed by atoms with Gasteiger partial charge >= 0.3 is 0 Å². The summed E-state index contributed by atoms with van der Waals surface area (Å²) >= 11 is 5.67. The van der Waals surface area contributed by atoms with Crippen LogP contribution in [0.4, 0.5) is 4.39 Å². The molecule has 128 valence electrons. The van der Waals surface area contributed by atoms with Crippen LogP contribution >= 0.6 is 11.6 Å². The molecule has 0 fully saturated rings. The van der Waals surface area contributed by atoms with Crippen molar-refractivity contribution in [3.8, 4) is 5.75 Å². The Bertz CT molecular complexity index is 686. The third-order valence-electron chi connectivity index (χ3n) is 3.40. The van der Waals surface area contributed by atoms with Crippen LogP contribution in [0, 0.1) is 5.82 Å². The van der Waals surface area contributed by atoms with Crippen molar-refractivity contribution >= 4 is 17.5 Å². The molecule has 3 nitrogen and oxygen atoms in total. The molecule has 2 aromatic carbocycles. The second-order valence-electron chi connectivity index (χ2n) is 5.79. The standard InChI is InChI=1S/C19H21ClFNO2/c1-13(2)24-16-8-5-14(6-9-16)4-3-11-22-19(23)17-10-7-15(20)12-18(17)21/h5-10,12-13H,3-4,11H2,1-2H3,(H,22,23). The Morgan fingerprint density at radius 2 is 1.92 bits per heavy atom. The molecular formula is C19H21ClFNO2. The number of hydrogen-bond acceptors (Lipinski definition) is 2. The monoisotopic (exact) mass is 349 g/mol. The highest BCUT2D eigenvalue weighted by molar-refractivity contribution is 6.30. The van der Waals surface area contributed by atoms with Crippen molar-refractivity contribution in [2.75, 3.05) is 6.54 Å². The van der Waals surface area contributed by atoms with E-state index in [0.29, 0.717) is 6.54 Å². The van der Waals surface area contributed by atoms with Crippen molar-refractivity contribution in [2.45, 2.75) is 32.8 Å². The molecule has 0 spiro atoms. The van der Waals surface area contributed by atoms with E-state index < -0.39 is 11.7 Å². The molecule has 0 radical (unpaired) electrons. The Morgan fingerprint density at radius 3 is 2.54 bits per heavy atom. The van der Waals surface area contributed by atoms with E-state index in [1.54, 1.807) is 0 Å². The SMILES string of the molecule is CC(C)Oc1ccc(CCCNC(=O)c2ccc(Cl)cc2F)cc1. The van der Waals surface area contributed by atoms with Crippen molar-refractivity contribution in [3.63, 3.8) is 0 Å². The quantitative estimate of drug-likeness (QED) is 0.740. The highest BCUT2D eigenvalue weighted by Gasteiger charge is 2.11. The van der Waals surface area contributed by atoms with Crippen LogP contribution in [0.3, 0.4) is 0 Å². The third kappa shape index (κ3) is 5.53. The third-order valence-corrected chi connectivity index (χ3v) is 3.63. The van der Waals surface area contributed by atoms with Gasteiger partial charge in [-0.2, -0.15) is 0 Å². The molecule has 0 unspecified atom stereocenters. The minimum absolute atomic E-state index is 0.00888. The van der Waals surface area contributed by atoms with Crippen molar-refractivity contribution in [1.29, 1.82) is 0 Å². The van der Waals surface area contributed by atoms with Gasteiger partial charge in [0.2, 0.25) is 0 Å². The number of rotatable bonds is 7. The number of nitrogens with one attached hydrogen (secondary N) is 1. The second-order valence-corrected chi connectivity index (χ2v) is 6.23. The Hall–Kier alpha value is -2.07. The molecule has 0 saturated carbocycles.